The second kappa shape index (κ2) is 7.45. The highest BCUT2D eigenvalue weighted by atomic mass is 35.5. The number of amides is 1. The van der Waals surface area contributed by atoms with Gasteiger partial charge in [0.15, 0.2) is 0 Å². The molecular weight excluding hydrogens is 364 g/mol. The number of aromatic carboxylic acids is 1. The molecule has 0 aliphatic rings. The number of aryl methyl sites for hydroxylation is 2. The number of hydrogen-bond acceptors (Lipinski definition) is 2. The van der Waals surface area contributed by atoms with E-state index in [2.05, 4.69) is 5.32 Å². The van der Waals surface area contributed by atoms with Gasteiger partial charge < -0.3 is 15.0 Å². The largest absolute Gasteiger partial charge is 0.478 e. The summed E-state index contributed by atoms with van der Waals surface area (Å²) in [4.78, 5) is 25.0. The van der Waals surface area contributed by atoms with Gasteiger partial charge in [-0.05, 0) is 36.1 Å². The molecule has 3 aromatic rings. The topological polar surface area (TPSA) is 71.3 Å². The Bertz CT molecular complexity index is 1050. The van der Waals surface area contributed by atoms with Crippen LogP contribution >= 0.6 is 11.6 Å². The van der Waals surface area contributed by atoms with E-state index in [1.807, 2.05) is 32.0 Å². The van der Waals surface area contributed by atoms with E-state index in [1.54, 1.807) is 29.8 Å². The van der Waals surface area contributed by atoms with E-state index in [4.69, 9.17) is 11.6 Å². The molecular formula is C21H21ClN2O3. The molecule has 1 heterocycles. The predicted molar refractivity (Wildman–Crippen MR) is 108 cm³/mol. The molecule has 0 radical (unpaired) electrons. The summed E-state index contributed by atoms with van der Waals surface area (Å²) in [6, 6.07) is 10.8. The van der Waals surface area contributed by atoms with E-state index >= 15 is 0 Å². The van der Waals surface area contributed by atoms with Crippen molar-refractivity contribution < 1.29 is 14.7 Å². The number of carboxylic acids is 1. The van der Waals surface area contributed by atoms with Gasteiger partial charge in [-0.2, -0.15) is 0 Å². The third kappa shape index (κ3) is 3.19. The maximum Gasteiger partial charge on any atom is 0.338 e. The number of aromatic nitrogens is 1. The molecule has 1 amide bonds. The van der Waals surface area contributed by atoms with Gasteiger partial charge in [0.2, 0.25) is 0 Å². The standard InChI is InChI=1S/C21H21ClN2O3/c1-4-12-10-11-15(22)13(5-2)18(12)23-20(25)19-17(21(26)27)14-8-6-7-9-16(14)24(19)3/h6-11H,4-5H2,1-3H3,(H,23,25)(H,26,27). The van der Waals surface area contributed by atoms with Crippen LogP contribution in [0.25, 0.3) is 10.9 Å². The Hall–Kier alpha value is -2.79. The maximum absolute atomic E-state index is 13.1. The molecule has 2 aromatic carbocycles. The highest BCUT2D eigenvalue weighted by molar-refractivity contribution is 6.32. The van der Waals surface area contributed by atoms with Gasteiger partial charge in [-0.1, -0.05) is 49.7 Å². The first-order valence-electron chi connectivity index (χ1n) is 8.82. The highest BCUT2D eigenvalue weighted by Crippen LogP contribution is 2.31. The lowest BCUT2D eigenvalue weighted by atomic mass is 10.0. The number of carbonyl (C=O) groups is 2. The quantitative estimate of drug-likeness (QED) is 0.656. The number of benzene rings is 2. The molecule has 27 heavy (non-hydrogen) atoms. The fourth-order valence-corrected chi connectivity index (χ4v) is 3.81. The van der Waals surface area contributed by atoms with E-state index in [0.717, 1.165) is 17.5 Å². The van der Waals surface area contributed by atoms with E-state index in [9.17, 15) is 14.7 Å². The fourth-order valence-electron chi connectivity index (χ4n) is 3.52. The van der Waals surface area contributed by atoms with Crippen LogP contribution in [0, 0.1) is 0 Å². The SMILES string of the molecule is CCc1ccc(Cl)c(CC)c1NC(=O)c1c(C(=O)O)c2ccccc2n1C. The maximum atomic E-state index is 13.1. The molecule has 140 valence electrons. The molecule has 3 rings (SSSR count). The van der Waals surface area contributed by atoms with E-state index in [0.29, 0.717) is 28.0 Å². The molecule has 0 atom stereocenters. The van der Waals surface area contributed by atoms with Crippen molar-refractivity contribution in [3.63, 3.8) is 0 Å². The summed E-state index contributed by atoms with van der Waals surface area (Å²) in [6.07, 6.45) is 1.38. The van der Waals surface area contributed by atoms with Gasteiger partial charge >= 0.3 is 5.97 Å². The predicted octanol–water partition coefficient (Wildman–Crippen LogP) is 4.91. The van der Waals surface area contributed by atoms with Gasteiger partial charge in [0.1, 0.15) is 5.69 Å². The van der Waals surface area contributed by atoms with E-state index in [1.165, 1.54) is 0 Å². The summed E-state index contributed by atoms with van der Waals surface area (Å²) in [7, 11) is 1.70. The number of hydrogen-bond donors (Lipinski definition) is 2. The smallest absolute Gasteiger partial charge is 0.338 e. The Morgan fingerprint density at radius 2 is 1.81 bits per heavy atom. The van der Waals surface area contributed by atoms with E-state index < -0.39 is 11.9 Å². The summed E-state index contributed by atoms with van der Waals surface area (Å²) in [5.74, 6) is -1.59. The summed E-state index contributed by atoms with van der Waals surface area (Å²) < 4.78 is 1.62. The molecule has 0 aliphatic carbocycles. The first kappa shape index (κ1) is 19.0. The monoisotopic (exact) mass is 384 g/mol. The first-order valence-corrected chi connectivity index (χ1v) is 9.20. The summed E-state index contributed by atoms with van der Waals surface area (Å²) >= 11 is 6.31. The molecule has 0 bridgehead atoms. The minimum Gasteiger partial charge on any atom is -0.478 e. The minimum absolute atomic E-state index is 0.00345. The van der Waals surface area contributed by atoms with Crippen LogP contribution in [0.1, 0.15) is 45.8 Å². The number of nitrogens with zero attached hydrogens (tertiary/aromatic N) is 1. The normalized spacial score (nSPS) is 11.0. The lowest BCUT2D eigenvalue weighted by molar-refractivity contribution is 0.0694. The van der Waals surface area contributed by atoms with Crippen LogP contribution < -0.4 is 5.32 Å². The second-order valence-electron chi connectivity index (χ2n) is 6.33. The Morgan fingerprint density at radius 1 is 1.11 bits per heavy atom. The van der Waals surface area contributed by atoms with Gasteiger partial charge in [0.25, 0.3) is 5.91 Å². The third-order valence-corrected chi connectivity index (χ3v) is 5.21. The van der Waals surface area contributed by atoms with Crippen LogP contribution in [-0.2, 0) is 19.9 Å². The lowest BCUT2D eigenvalue weighted by Gasteiger charge is -2.16. The number of anilines is 1. The van der Waals surface area contributed by atoms with Crippen LogP contribution in [0.4, 0.5) is 5.69 Å². The van der Waals surface area contributed by atoms with Crippen molar-refractivity contribution in [1.82, 2.24) is 4.57 Å². The number of halogens is 1. The van der Waals surface area contributed by atoms with Crippen molar-refractivity contribution in [2.24, 2.45) is 7.05 Å². The summed E-state index contributed by atoms with van der Waals surface area (Å²) in [6.45, 7) is 3.97. The molecule has 0 unspecified atom stereocenters. The number of carbonyl (C=O) groups excluding carboxylic acids is 1. The van der Waals surface area contributed by atoms with Gasteiger partial charge in [0.05, 0.1) is 5.56 Å². The number of carboxylic acid groups (broad SMARTS) is 1. The Labute approximate surface area is 162 Å². The Morgan fingerprint density at radius 3 is 2.44 bits per heavy atom. The number of fused-ring (bicyclic) bond motifs is 1. The highest BCUT2D eigenvalue weighted by Gasteiger charge is 2.26. The first-order chi connectivity index (χ1) is 12.9. The Kier molecular flexibility index (Phi) is 5.24. The molecule has 2 N–H and O–H groups in total. The minimum atomic E-state index is -1.13. The summed E-state index contributed by atoms with van der Waals surface area (Å²) in [5.41, 5.74) is 3.29. The van der Waals surface area contributed by atoms with Gasteiger partial charge in [-0.25, -0.2) is 4.79 Å². The zero-order valence-electron chi connectivity index (χ0n) is 15.5. The lowest BCUT2D eigenvalue weighted by Crippen LogP contribution is -2.20. The van der Waals surface area contributed by atoms with Crippen LogP contribution in [0.5, 0.6) is 0 Å². The third-order valence-electron chi connectivity index (χ3n) is 4.85. The zero-order valence-corrected chi connectivity index (χ0v) is 16.2. The van der Waals surface area contributed by atoms with Crippen molar-refractivity contribution in [3.8, 4) is 0 Å². The van der Waals surface area contributed by atoms with E-state index in [-0.39, 0.29) is 11.3 Å². The van der Waals surface area contributed by atoms with Crippen molar-refractivity contribution in [2.45, 2.75) is 26.7 Å². The van der Waals surface area contributed by atoms with Crippen molar-refractivity contribution in [3.05, 3.63) is 63.8 Å². The molecule has 1 aromatic heterocycles. The van der Waals surface area contributed by atoms with Crippen LogP contribution in [0.15, 0.2) is 36.4 Å². The van der Waals surface area contributed by atoms with Crippen LogP contribution in [0.2, 0.25) is 5.02 Å². The molecule has 0 aliphatic heterocycles. The second-order valence-corrected chi connectivity index (χ2v) is 6.73. The molecule has 0 saturated heterocycles. The van der Waals surface area contributed by atoms with Crippen molar-refractivity contribution in [2.75, 3.05) is 5.32 Å². The van der Waals surface area contributed by atoms with Crippen molar-refractivity contribution in [1.29, 1.82) is 0 Å². The van der Waals surface area contributed by atoms with Crippen LogP contribution in [-0.4, -0.2) is 21.6 Å². The average Bonchev–Trinajstić information content (AvgIpc) is 2.95. The Balaban J connectivity index is 2.17. The molecule has 5 nitrogen and oxygen atoms in total. The van der Waals surface area contributed by atoms with Gasteiger partial charge in [0, 0.05) is 28.7 Å². The molecule has 0 saturated carbocycles. The zero-order chi connectivity index (χ0) is 19.7. The molecule has 0 fully saturated rings. The van der Waals surface area contributed by atoms with Crippen LogP contribution in [0.3, 0.4) is 0 Å². The summed E-state index contributed by atoms with van der Waals surface area (Å²) in [5, 5.41) is 13.8. The average molecular weight is 385 g/mol. The molecule has 6 heteroatoms. The number of rotatable bonds is 5. The van der Waals surface area contributed by atoms with Gasteiger partial charge in [-0.15, -0.1) is 0 Å². The fraction of sp³-hybridized carbons (Fsp3) is 0.238. The molecule has 0 spiro atoms. The number of nitrogens with one attached hydrogen (secondary N) is 1. The number of para-hydroxylation sites is 1. The van der Waals surface area contributed by atoms with Gasteiger partial charge in [-0.3, -0.25) is 4.79 Å². The van der Waals surface area contributed by atoms with Crippen molar-refractivity contribution >= 4 is 40.1 Å².